The van der Waals surface area contributed by atoms with Gasteiger partial charge in [-0.1, -0.05) is 0 Å². The third kappa shape index (κ3) is 2.34. The van der Waals surface area contributed by atoms with Crippen molar-refractivity contribution in [3.63, 3.8) is 0 Å². The number of carbonyl (C=O) groups excluding carboxylic acids is 1. The topological polar surface area (TPSA) is 54.8 Å². The van der Waals surface area contributed by atoms with E-state index in [0.717, 1.165) is 5.56 Å². The van der Waals surface area contributed by atoms with E-state index in [4.69, 9.17) is 4.74 Å². The van der Waals surface area contributed by atoms with E-state index in [1.807, 2.05) is 26.0 Å². The van der Waals surface area contributed by atoms with Crippen LogP contribution in [0.5, 0.6) is 0 Å². The first-order valence-electron chi connectivity index (χ1n) is 6.13. The van der Waals surface area contributed by atoms with E-state index >= 15 is 0 Å². The fourth-order valence-corrected chi connectivity index (χ4v) is 2.05. The van der Waals surface area contributed by atoms with E-state index in [0.29, 0.717) is 13.1 Å². The summed E-state index contributed by atoms with van der Waals surface area (Å²) in [5.74, 6) is 0.00978. The van der Waals surface area contributed by atoms with Crippen LogP contribution in [0, 0.1) is 0 Å². The summed E-state index contributed by atoms with van der Waals surface area (Å²) in [5, 5.41) is 0. The van der Waals surface area contributed by atoms with E-state index in [-0.39, 0.29) is 12.0 Å². The Morgan fingerprint density at radius 3 is 2.61 bits per heavy atom. The summed E-state index contributed by atoms with van der Waals surface area (Å²) in [6.07, 6.45) is 4.42. The van der Waals surface area contributed by atoms with E-state index in [9.17, 15) is 4.79 Å². The molecule has 96 valence electrons. The number of hydrogen-bond donors (Lipinski definition) is 0. The van der Waals surface area contributed by atoms with Crippen LogP contribution in [0.1, 0.15) is 25.5 Å². The summed E-state index contributed by atoms with van der Waals surface area (Å²) in [5.41, 5.74) is 0.924. The van der Waals surface area contributed by atoms with Gasteiger partial charge in [0.2, 0.25) is 0 Å². The highest BCUT2D eigenvalue weighted by atomic mass is 16.5. The SMILES string of the molecule is CCN(CC)C(=O)C1N=COC1c1ccncc1. The lowest BCUT2D eigenvalue weighted by Gasteiger charge is -2.24. The minimum absolute atomic E-state index is 0.00978. The lowest BCUT2D eigenvalue weighted by atomic mass is 10.0. The molecule has 0 radical (unpaired) electrons. The van der Waals surface area contributed by atoms with Gasteiger partial charge < -0.3 is 9.64 Å². The Morgan fingerprint density at radius 2 is 2.00 bits per heavy atom. The number of pyridine rings is 1. The van der Waals surface area contributed by atoms with Gasteiger partial charge in [0.15, 0.2) is 18.5 Å². The third-order valence-electron chi connectivity index (χ3n) is 3.08. The Labute approximate surface area is 106 Å². The number of hydrogen-bond acceptors (Lipinski definition) is 4. The number of aromatic nitrogens is 1. The van der Waals surface area contributed by atoms with Crippen molar-refractivity contribution in [2.24, 2.45) is 4.99 Å². The number of nitrogens with zero attached hydrogens (tertiary/aromatic N) is 3. The largest absolute Gasteiger partial charge is 0.473 e. The maximum absolute atomic E-state index is 12.3. The molecule has 1 aliphatic rings. The molecule has 0 aliphatic carbocycles. The predicted molar refractivity (Wildman–Crippen MR) is 68.3 cm³/mol. The normalized spacial score (nSPS) is 21.7. The van der Waals surface area contributed by atoms with Crippen molar-refractivity contribution in [1.82, 2.24) is 9.88 Å². The number of likely N-dealkylation sites (N-methyl/N-ethyl adjacent to an activating group) is 1. The molecule has 2 unspecified atom stereocenters. The van der Waals surface area contributed by atoms with Crippen molar-refractivity contribution in [3.05, 3.63) is 30.1 Å². The highest BCUT2D eigenvalue weighted by Crippen LogP contribution is 2.27. The first-order chi connectivity index (χ1) is 8.77. The highest BCUT2D eigenvalue weighted by molar-refractivity contribution is 5.85. The maximum Gasteiger partial charge on any atom is 0.251 e. The lowest BCUT2D eigenvalue weighted by Crippen LogP contribution is -2.39. The molecular formula is C13H17N3O2. The number of aliphatic imine (C=N–C) groups is 1. The second kappa shape index (κ2) is 5.62. The Bertz CT molecular complexity index is 429. The van der Waals surface area contributed by atoms with Gasteiger partial charge >= 0.3 is 0 Å². The zero-order valence-electron chi connectivity index (χ0n) is 10.6. The van der Waals surface area contributed by atoms with Crippen LogP contribution in [0.15, 0.2) is 29.5 Å². The number of ether oxygens (including phenoxy) is 1. The van der Waals surface area contributed by atoms with Crippen LogP contribution >= 0.6 is 0 Å². The molecule has 0 fully saturated rings. The molecule has 5 nitrogen and oxygen atoms in total. The Hall–Kier alpha value is -1.91. The van der Waals surface area contributed by atoms with Crippen molar-refractivity contribution in [3.8, 4) is 0 Å². The summed E-state index contributed by atoms with van der Waals surface area (Å²) in [6.45, 7) is 5.29. The number of amides is 1. The van der Waals surface area contributed by atoms with Gasteiger partial charge in [-0.2, -0.15) is 0 Å². The van der Waals surface area contributed by atoms with E-state index in [1.54, 1.807) is 17.3 Å². The molecule has 2 rings (SSSR count). The lowest BCUT2D eigenvalue weighted by molar-refractivity contribution is -0.133. The maximum atomic E-state index is 12.3. The molecule has 2 heterocycles. The molecule has 1 aromatic rings. The van der Waals surface area contributed by atoms with Gasteiger partial charge in [0.05, 0.1) is 0 Å². The Kier molecular flexibility index (Phi) is 3.92. The zero-order chi connectivity index (χ0) is 13.0. The molecule has 0 N–H and O–H groups in total. The molecular weight excluding hydrogens is 230 g/mol. The van der Waals surface area contributed by atoms with Crippen molar-refractivity contribution in [2.45, 2.75) is 26.0 Å². The van der Waals surface area contributed by atoms with E-state index in [1.165, 1.54) is 6.40 Å². The molecule has 0 saturated carbocycles. The van der Waals surface area contributed by atoms with Crippen LogP contribution < -0.4 is 0 Å². The zero-order valence-corrected chi connectivity index (χ0v) is 10.6. The van der Waals surface area contributed by atoms with Crippen molar-refractivity contribution in [2.75, 3.05) is 13.1 Å². The smallest absolute Gasteiger partial charge is 0.251 e. The molecule has 1 aromatic heterocycles. The highest BCUT2D eigenvalue weighted by Gasteiger charge is 2.35. The van der Waals surface area contributed by atoms with Gasteiger partial charge in [-0.05, 0) is 31.5 Å². The third-order valence-corrected chi connectivity index (χ3v) is 3.08. The Balaban J connectivity index is 2.17. The first-order valence-corrected chi connectivity index (χ1v) is 6.13. The molecule has 0 spiro atoms. The minimum Gasteiger partial charge on any atom is -0.473 e. The van der Waals surface area contributed by atoms with Gasteiger partial charge in [-0.25, -0.2) is 4.99 Å². The summed E-state index contributed by atoms with van der Waals surface area (Å²) < 4.78 is 5.44. The van der Waals surface area contributed by atoms with Crippen LogP contribution in [0.25, 0.3) is 0 Å². The average Bonchev–Trinajstić information content (AvgIpc) is 2.90. The number of rotatable bonds is 4. The van der Waals surface area contributed by atoms with E-state index < -0.39 is 6.04 Å². The molecule has 0 saturated heterocycles. The Morgan fingerprint density at radius 1 is 1.33 bits per heavy atom. The van der Waals surface area contributed by atoms with Gasteiger partial charge in [0.1, 0.15) is 0 Å². The summed E-state index contributed by atoms with van der Waals surface area (Å²) in [6, 6.07) is 3.22. The van der Waals surface area contributed by atoms with Crippen molar-refractivity contribution < 1.29 is 9.53 Å². The minimum atomic E-state index is -0.479. The van der Waals surface area contributed by atoms with Crippen LogP contribution in [0.2, 0.25) is 0 Å². The van der Waals surface area contributed by atoms with Gasteiger partial charge in [0, 0.05) is 25.5 Å². The molecule has 18 heavy (non-hydrogen) atoms. The monoisotopic (exact) mass is 247 g/mol. The summed E-state index contributed by atoms with van der Waals surface area (Å²) >= 11 is 0. The standard InChI is InChI=1S/C13H17N3O2/c1-3-16(4-2)13(17)11-12(18-9-15-11)10-5-7-14-8-6-10/h5-9,11-12H,3-4H2,1-2H3. The van der Waals surface area contributed by atoms with Crippen molar-refractivity contribution >= 4 is 12.3 Å². The second-order valence-electron chi connectivity index (χ2n) is 4.05. The van der Waals surface area contributed by atoms with Gasteiger partial charge in [-0.15, -0.1) is 0 Å². The molecule has 0 aromatic carbocycles. The molecule has 0 bridgehead atoms. The average molecular weight is 247 g/mol. The fourth-order valence-electron chi connectivity index (χ4n) is 2.05. The summed E-state index contributed by atoms with van der Waals surface area (Å²) in [7, 11) is 0. The van der Waals surface area contributed by atoms with Gasteiger partial charge in [0.25, 0.3) is 5.91 Å². The van der Waals surface area contributed by atoms with E-state index in [2.05, 4.69) is 9.98 Å². The molecule has 1 amide bonds. The molecule has 5 heteroatoms. The summed E-state index contributed by atoms with van der Waals surface area (Å²) in [4.78, 5) is 22.2. The fraction of sp³-hybridized carbons (Fsp3) is 0.462. The number of carbonyl (C=O) groups is 1. The molecule has 1 aliphatic heterocycles. The first kappa shape index (κ1) is 12.5. The second-order valence-corrected chi connectivity index (χ2v) is 4.05. The van der Waals surface area contributed by atoms with Crippen molar-refractivity contribution in [1.29, 1.82) is 0 Å². The van der Waals surface area contributed by atoms with Crippen LogP contribution in [0.3, 0.4) is 0 Å². The van der Waals surface area contributed by atoms with Gasteiger partial charge in [-0.3, -0.25) is 9.78 Å². The van der Waals surface area contributed by atoms with Crippen LogP contribution in [-0.2, 0) is 9.53 Å². The van der Waals surface area contributed by atoms with Crippen LogP contribution in [0.4, 0.5) is 0 Å². The van der Waals surface area contributed by atoms with Crippen LogP contribution in [-0.4, -0.2) is 41.3 Å². The quantitative estimate of drug-likeness (QED) is 0.808. The predicted octanol–water partition coefficient (Wildman–Crippen LogP) is 1.42. The molecule has 2 atom stereocenters.